The Hall–Kier alpha value is -2.33. The summed E-state index contributed by atoms with van der Waals surface area (Å²) in [6.45, 7) is 4.43. The van der Waals surface area contributed by atoms with Gasteiger partial charge < -0.3 is 14.2 Å². The standard InChI is InChI=1S/C20H22Cl2N4O5/c1-20(2)30-10-12(31-20)9-29-18-23-16-15(17(27)25(4)19(28)24(16)3)26(18)8-11-5-6-13(21)14(22)7-11/h5-7,12H,8-10H2,1-4H3. The average Bonchev–Trinajstić information content (AvgIpc) is 3.25. The maximum Gasteiger partial charge on any atom is 0.332 e. The molecule has 0 N–H and O–H groups in total. The van der Waals surface area contributed by atoms with Gasteiger partial charge in [-0.15, -0.1) is 0 Å². The van der Waals surface area contributed by atoms with Crippen LogP contribution in [-0.2, 0) is 30.1 Å². The molecule has 0 saturated carbocycles. The highest BCUT2D eigenvalue weighted by Crippen LogP contribution is 2.27. The number of aromatic nitrogens is 4. The lowest BCUT2D eigenvalue weighted by molar-refractivity contribution is -0.141. The third-order valence-corrected chi connectivity index (χ3v) is 5.84. The van der Waals surface area contributed by atoms with E-state index in [1.165, 1.54) is 11.6 Å². The van der Waals surface area contributed by atoms with Crippen molar-refractivity contribution in [2.24, 2.45) is 14.1 Å². The van der Waals surface area contributed by atoms with E-state index in [4.69, 9.17) is 37.4 Å². The van der Waals surface area contributed by atoms with Crippen LogP contribution in [0, 0.1) is 0 Å². The number of fused-ring (bicyclic) bond motifs is 1. The first-order valence-electron chi connectivity index (χ1n) is 9.62. The van der Waals surface area contributed by atoms with Crippen molar-refractivity contribution in [3.63, 3.8) is 0 Å². The predicted molar refractivity (Wildman–Crippen MR) is 116 cm³/mol. The maximum atomic E-state index is 12.9. The lowest BCUT2D eigenvalue weighted by atomic mass is 10.2. The van der Waals surface area contributed by atoms with Crippen LogP contribution in [0.2, 0.25) is 10.0 Å². The fourth-order valence-electron chi connectivity index (χ4n) is 3.52. The maximum absolute atomic E-state index is 12.9. The second-order valence-corrected chi connectivity index (χ2v) is 8.68. The third-order valence-electron chi connectivity index (χ3n) is 5.10. The average molecular weight is 469 g/mol. The van der Waals surface area contributed by atoms with Crippen LogP contribution in [0.5, 0.6) is 6.01 Å². The van der Waals surface area contributed by atoms with Gasteiger partial charge in [-0.2, -0.15) is 4.98 Å². The number of hydrogen-bond donors (Lipinski definition) is 0. The highest BCUT2D eigenvalue weighted by atomic mass is 35.5. The van der Waals surface area contributed by atoms with E-state index >= 15 is 0 Å². The van der Waals surface area contributed by atoms with E-state index in [0.717, 1.165) is 10.1 Å². The highest BCUT2D eigenvalue weighted by molar-refractivity contribution is 6.42. The predicted octanol–water partition coefficient (Wildman–Crippen LogP) is 2.32. The van der Waals surface area contributed by atoms with Gasteiger partial charge in [0.2, 0.25) is 0 Å². The molecule has 0 amide bonds. The number of hydrogen-bond acceptors (Lipinski definition) is 6. The molecule has 1 fully saturated rings. The van der Waals surface area contributed by atoms with Gasteiger partial charge in [0.05, 0.1) is 23.2 Å². The second-order valence-electron chi connectivity index (χ2n) is 7.87. The fraction of sp³-hybridized carbons (Fsp3) is 0.450. The molecule has 2 aromatic heterocycles. The zero-order chi connectivity index (χ0) is 22.5. The molecule has 1 aliphatic heterocycles. The zero-order valence-electron chi connectivity index (χ0n) is 17.5. The van der Waals surface area contributed by atoms with Crippen molar-refractivity contribution in [3.05, 3.63) is 54.6 Å². The summed E-state index contributed by atoms with van der Waals surface area (Å²) in [6.07, 6.45) is -0.292. The fourth-order valence-corrected chi connectivity index (χ4v) is 3.84. The minimum atomic E-state index is -0.686. The molecule has 1 aromatic carbocycles. The summed E-state index contributed by atoms with van der Waals surface area (Å²) in [5.41, 5.74) is 0.317. The van der Waals surface area contributed by atoms with E-state index in [1.807, 2.05) is 13.8 Å². The Morgan fingerprint density at radius 1 is 1.19 bits per heavy atom. The summed E-state index contributed by atoms with van der Waals surface area (Å²) in [6, 6.07) is 5.38. The lowest BCUT2D eigenvalue weighted by Crippen LogP contribution is -2.37. The van der Waals surface area contributed by atoms with Gasteiger partial charge in [0.25, 0.3) is 11.6 Å². The Bertz CT molecular complexity index is 1280. The molecule has 3 aromatic rings. The summed E-state index contributed by atoms with van der Waals surface area (Å²) in [4.78, 5) is 29.7. The van der Waals surface area contributed by atoms with Gasteiger partial charge in [0, 0.05) is 14.1 Å². The van der Waals surface area contributed by atoms with Crippen molar-refractivity contribution in [2.45, 2.75) is 32.3 Å². The highest BCUT2D eigenvalue weighted by Gasteiger charge is 2.33. The van der Waals surface area contributed by atoms with Gasteiger partial charge in [-0.3, -0.25) is 18.5 Å². The van der Waals surface area contributed by atoms with Crippen LogP contribution in [-0.4, -0.2) is 43.8 Å². The first kappa shape index (κ1) is 21.9. The van der Waals surface area contributed by atoms with Crippen LogP contribution in [0.25, 0.3) is 11.2 Å². The molecule has 3 heterocycles. The number of halogens is 2. The third kappa shape index (κ3) is 4.10. The topological polar surface area (TPSA) is 89.5 Å². The summed E-state index contributed by atoms with van der Waals surface area (Å²) in [5.74, 6) is -0.686. The van der Waals surface area contributed by atoms with Crippen molar-refractivity contribution >= 4 is 34.4 Å². The van der Waals surface area contributed by atoms with E-state index < -0.39 is 17.0 Å². The molecule has 0 bridgehead atoms. The van der Waals surface area contributed by atoms with E-state index in [-0.39, 0.29) is 36.4 Å². The van der Waals surface area contributed by atoms with Crippen molar-refractivity contribution < 1.29 is 14.2 Å². The van der Waals surface area contributed by atoms with E-state index in [1.54, 1.807) is 29.8 Å². The number of imidazole rings is 1. The van der Waals surface area contributed by atoms with Crippen LogP contribution in [0.1, 0.15) is 19.4 Å². The molecule has 1 saturated heterocycles. The normalized spacial score (nSPS) is 18.1. The molecule has 0 aliphatic carbocycles. The van der Waals surface area contributed by atoms with Crippen LogP contribution in [0.4, 0.5) is 0 Å². The van der Waals surface area contributed by atoms with Crippen molar-refractivity contribution in [2.75, 3.05) is 13.2 Å². The number of nitrogens with zero attached hydrogens (tertiary/aromatic N) is 4. The Kier molecular flexibility index (Phi) is 5.63. The minimum Gasteiger partial charge on any atom is -0.462 e. The van der Waals surface area contributed by atoms with Crippen molar-refractivity contribution in [1.82, 2.24) is 18.7 Å². The molecule has 0 radical (unpaired) electrons. The van der Waals surface area contributed by atoms with Gasteiger partial charge in [-0.1, -0.05) is 29.3 Å². The molecule has 31 heavy (non-hydrogen) atoms. The molecule has 9 nitrogen and oxygen atoms in total. The summed E-state index contributed by atoms with van der Waals surface area (Å²) in [5, 5.41) is 0.821. The zero-order valence-corrected chi connectivity index (χ0v) is 19.0. The van der Waals surface area contributed by atoms with Crippen molar-refractivity contribution in [3.8, 4) is 6.01 Å². The minimum absolute atomic E-state index is 0.169. The molecule has 1 unspecified atom stereocenters. The molecule has 166 valence electrons. The van der Waals surface area contributed by atoms with Crippen LogP contribution >= 0.6 is 23.2 Å². The first-order chi connectivity index (χ1) is 14.6. The van der Waals surface area contributed by atoms with Gasteiger partial charge in [-0.05, 0) is 31.5 Å². The Morgan fingerprint density at radius 2 is 1.94 bits per heavy atom. The van der Waals surface area contributed by atoms with Gasteiger partial charge in [-0.25, -0.2) is 4.79 Å². The van der Waals surface area contributed by atoms with E-state index in [9.17, 15) is 9.59 Å². The molecule has 4 rings (SSSR count). The van der Waals surface area contributed by atoms with Crippen LogP contribution in [0.15, 0.2) is 27.8 Å². The van der Waals surface area contributed by atoms with Crippen LogP contribution < -0.4 is 16.0 Å². The van der Waals surface area contributed by atoms with Gasteiger partial charge in [0.15, 0.2) is 17.0 Å². The monoisotopic (exact) mass is 468 g/mol. The quantitative estimate of drug-likeness (QED) is 0.570. The number of ether oxygens (including phenoxy) is 3. The van der Waals surface area contributed by atoms with Gasteiger partial charge in [0.1, 0.15) is 12.7 Å². The van der Waals surface area contributed by atoms with Gasteiger partial charge >= 0.3 is 5.69 Å². The number of benzene rings is 1. The Balaban J connectivity index is 1.78. The summed E-state index contributed by atoms with van der Waals surface area (Å²) < 4.78 is 21.3. The second kappa shape index (κ2) is 7.98. The van der Waals surface area contributed by atoms with Crippen molar-refractivity contribution in [1.29, 1.82) is 0 Å². The molecule has 1 aliphatic rings. The Morgan fingerprint density at radius 3 is 2.58 bits per heavy atom. The Labute approximate surface area is 187 Å². The van der Waals surface area contributed by atoms with Crippen LogP contribution in [0.3, 0.4) is 0 Å². The molecule has 1 atom stereocenters. The molecule has 0 spiro atoms. The lowest BCUT2D eigenvalue weighted by Gasteiger charge is -2.17. The summed E-state index contributed by atoms with van der Waals surface area (Å²) >= 11 is 12.2. The summed E-state index contributed by atoms with van der Waals surface area (Å²) in [7, 11) is 2.98. The number of aryl methyl sites for hydroxylation is 1. The number of rotatable bonds is 5. The largest absolute Gasteiger partial charge is 0.462 e. The molecular formula is C20H22Cl2N4O5. The molecular weight excluding hydrogens is 447 g/mol. The van der Waals surface area contributed by atoms with E-state index in [0.29, 0.717) is 16.7 Å². The molecule has 11 heteroatoms. The smallest absolute Gasteiger partial charge is 0.332 e. The SMILES string of the molecule is Cn1c(=O)c2c(nc(OCC3COC(C)(C)O3)n2Cc2ccc(Cl)c(Cl)c2)n(C)c1=O. The first-order valence-corrected chi connectivity index (χ1v) is 10.4. The van der Waals surface area contributed by atoms with E-state index in [2.05, 4.69) is 4.98 Å².